The van der Waals surface area contributed by atoms with Crippen LogP contribution >= 0.6 is 0 Å². The van der Waals surface area contributed by atoms with Gasteiger partial charge in [0, 0.05) is 42.5 Å². The van der Waals surface area contributed by atoms with Gasteiger partial charge in [-0.1, -0.05) is 32.9 Å². The normalized spacial score (nSPS) is 15.0. The maximum atomic E-state index is 13.5. The Kier molecular flexibility index (Phi) is 9.68. The lowest BCUT2D eigenvalue weighted by Crippen LogP contribution is -2.49. The number of urea groups is 1. The molecule has 42 heavy (non-hydrogen) atoms. The number of amides is 4. The van der Waals surface area contributed by atoms with E-state index >= 15 is 0 Å². The van der Waals surface area contributed by atoms with Gasteiger partial charge in [-0.2, -0.15) is 4.31 Å². The van der Waals surface area contributed by atoms with E-state index in [9.17, 15) is 32.7 Å². The molecule has 228 valence electrons. The number of carbonyl (C=O) groups excluding carboxylic acids is 3. The number of benzene rings is 2. The number of carboxylic acid groups (broad SMARTS) is 1. The lowest BCUT2D eigenvalue weighted by molar-refractivity contribution is -0.149. The Morgan fingerprint density at radius 1 is 1.12 bits per heavy atom. The van der Waals surface area contributed by atoms with Gasteiger partial charge in [-0.25, -0.2) is 13.2 Å². The number of imide groups is 1. The van der Waals surface area contributed by atoms with E-state index in [0.29, 0.717) is 28.3 Å². The van der Waals surface area contributed by atoms with Gasteiger partial charge in [-0.15, -0.1) is 0 Å². The van der Waals surface area contributed by atoms with Gasteiger partial charge < -0.3 is 15.2 Å². The fourth-order valence-electron chi connectivity index (χ4n) is 4.49. The Labute approximate surface area is 247 Å². The quantitative estimate of drug-likeness (QED) is 0.300. The van der Waals surface area contributed by atoms with Gasteiger partial charge in [-0.05, 0) is 56.0 Å². The first-order valence-corrected chi connectivity index (χ1v) is 14.5. The van der Waals surface area contributed by atoms with E-state index in [1.54, 1.807) is 43.3 Å². The molecule has 1 aliphatic rings. The van der Waals surface area contributed by atoms with Crippen molar-refractivity contribution in [2.24, 2.45) is 5.41 Å². The minimum Gasteiger partial charge on any atom is -0.496 e. The summed E-state index contributed by atoms with van der Waals surface area (Å²) in [4.78, 5) is 50.9. The van der Waals surface area contributed by atoms with Gasteiger partial charge >= 0.3 is 12.0 Å². The predicted octanol–water partition coefficient (Wildman–Crippen LogP) is 3.52. The molecule has 0 spiro atoms. The van der Waals surface area contributed by atoms with Crippen LogP contribution in [0.4, 0.5) is 16.2 Å². The zero-order valence-corrected chi connectivity index (χ0v) is 25.7. The van der Waals surface area contributed by atoms with Gasteiger partial charge in [0.2, 0.25) is 16.8 Å². The van der Waals surface area contributed by atoms with Crippen LogP contribution in [0.1, 0.15) is 69.4 Å². The van der Waals surface area contributed by atoms with E-state index < -0.39 is 45.7 Å². The third-order valence-electron chi connectivity index (χ3n) is 7.50. The summed E-state index contributed by atoms with van der Waals surface area (Å²) in [5.41, 5.74) is 0.572. The highest BCUT2D eigenvalue weighted by Gasteiger charge is 2.38. The fraction of sp³-hybridized carbons (Fsp3) is 0.448. The maximum Gasteiger partial charge on any atom is 0.328 e. The number of nitrogens with zero attached hydrogens (tertiary/aromatic N) is 2. The molecule has 0 radical (unpaired) electrons. The van der Waals surface area contributed by atoms with Crippen molar-refractivity contribution in [3.05, 3.63) is 53.1 Å². The Morgan fingerprint density at radius 3 is 2.24 bits per heavy atom. The standard InChI is InChI=1S/C29H38N4O8S/c1-17(29(5,6)26(36)37)33(42(39)40)16-18-8-10-19(11-9-18)30-25(35)21-14-20(32-13-12-23(34)31-27(32)38)15-22(24(21)41-7)28(2,3)4/h8-11,14-15,17,42H,12-13,16H2,1-7H3,(H,30,35)(H,36,37)(H,31,34,38). The first kappa shape index (κ1) is 32.5. The summed E-state index contributed by atoms with van der Waals surface area (Å²) in [7, 11) is -1.61. The van der Waals surface area contributed by atoms with Crippen LogP contribution < -0.4 is 20.3 Å². The molecule has 12 nitrogen and oxygen atoms in total. The number of carbonyl (C=O) groups is 4. The number of hydrogen-bond donors (Lipinski definition) is 4. The van der Waals surface area contributed by atoms with Crippen LogP contribution in [0.15, 0.2) is 36.4 Å². The Hall–Kier alpha value is -3.97. The summed E-state index contributed by atoms with van der Waals surface area (Å²) < 4.78 is 30.7. The Bertz CT molecular complexity index is 1450. The molecule has 1 unspecified atom stereocenters. The molecular formula is C29H38N4O8S. The van der Waals surface area contributed by atoms with Crippen molar-refractivity contribution in [1.82, 2.24) is 9.62 Å². The van der Waals surface area contributed by atoms with Crippen molar-refractivity contribution in [2.75, 3.05) is 23.9 Å². The summed E-state index contributed by atoms with van der Waals surface area (Å²) in [6.07, 6.45) is 0.126. The van der Waals surface area contributed by atoms with Gasteiger partial charge in [-0.3, -0.25) is 24.6 Å². The van der Waals surface area contributed by atoms with E-state index in [1.165, 1.54) is 25.9 Å². The van der Waals surface area contributed by atoms with E-state index in [1.807, 2.05) is 20.8 Å². The first-order chi connectivity index (χ1) is 19.5. The average molecular weight is 603 g/mol. The van der Waals surface area contributed by atoms with Crippen molar-refractivity contribution >= 4 is 46.1 Å². The topological polar surface area (TPSA) is 162 Å². The van der Waals surface area contributed by atoms with Crippen LogP contribution in [0.2, 0.25) is 0 Å². The van der Waals surface area contributed by atoms with Crippen molar-refractivity contribution in [3.8, 4) is 5.75 Å². The molecule has 0 saturated carbocycles. The number of rotatable bonds is 10. The van der Waals surface area contributed by atoms with Gasteiger partial charge in [0.25, 0.3) is 5.91 Å². The second kappa shape index (κ2) is 12.5. The van der Waals surface area contributed by atoms with Crippen molar-refractivity contribution in [1.29, 1.82) is 0 Å². The molecule has 0 aliphatic carbocycles. The number of aliphatic carboxylic acids is 1. The molecule has 2 aromatic rings. The monoisotopic (exact) mass is 602 g/mol. The summed E-state index contributed by atoms with van der Waals surface area (Å²) in [5.74, 6) is -1.63. The molecule has 1 fully saturated rings. The number of ether oxygens (including phenoxy) is 1. The average Bonchev–Trinajstić information content (AvgIpc) is 2.90. The number of anilines is 2. The molecule has 2 aromatic carbocycles. The van der Waals surface area contributed by atoms with Crippen LogP contribution in [0.5, 0.6) is 5.75 Å². The SMILES string of the molecule is COc1c(C(=O)Nc2ccc(CN(C(C)C(C)(C)C(=O)O)[SH](=O)=O)cc2)cc(N2CCC(=O)NC2=O)cc1C(C)(C)C. The number of hydrogen-bond acceptors (Lipinski definition) is 7. The highest BCUT2D eigenvalue weighted by molar-refractivity contribution is 7.69. The molecule has 1 heterocycles. The zero-order chi connectivity index (χ0) is 31.6. The summed E-state index contributed by atoms with van der Waals surface area (Å²) in [6.45, 7) is 10.5. The molecule has 4 amide bonds. The molecule has 13 heteroatoms. The number of methoxy groups -OCH3 is 1. The van der Waals surface area contributed by atoms with Crippen molar-refractivity contribution in [3.63, 3.8) is 0 Å². The predicted molar refractivity (Wildman–Crippen MR) is 158 cm³/mol. The maximum absolute atomic E-state index is 13.5. The molecule has 3 rings (SSSR count). The zero-order valence-electron chi connectivity index (χ0n) is 24.8. The lowest BCUT2D eigenvalue weighted by Gasteiger charge is -2.33. The number of thiol groups is 1. The smallest absolute Gasteiger partial charge is 0.328 e. The second-order valence-corrected chi connectivity index (χ2v) is 12.8. The van der Waals surface area contributed by atoms with Crippen LogP contribution in [-0.4, -0.2) is 61.3 Å². The van der Waals surface area contributed by atoms with Crippen LogP contribution in [0.25, 0.3) is 0 Å². The van der Waals surface area contributed by atoms with E-state index in [0.717, 1.165) is 4.31 Å². The van der Waals surface area contributed by atoms with Gasteiger partial charge in [0.05, 0.1) is 18.1 Å². The number of carboxylic acids is 1. The molecule has 1 atom stereocenters. The number of nitrogens with one attached hydrogen (secondary N) is 2. The largest absolute Gasteiger partial charge is 0.496 e. The molecular weight excluding hydrogens is 564 g/mol. The second-order valence-electron chi connectivity index (χ2n) is 11.8. The Morgan fingerprint density at radius 2 is 1.74 bits per heavy atom. The third kappa shape index (κ3) is 7.08. The van der Waals surface area contributed by atoms with E-state index in [2.05, 4.69) is 10.6 Å². The first-order valence-electron chi connectivity index (χ1n) is 13.4. The van der Waals surface area contributed by atoms with Crippen LogP contribution in [0, 0.1) is 5.41 Å². The summed E-state index contributed by atoms with van der Waals surface area (Å²) in [6, 6.07) is 8.44. The minimum atomic E-state index is -3.07. The van der Waals surface area contributed by atoms with Gasteiger partial charge in [0.15, 0.2) is 0 Å². The van der Waals surface area contributed by atoms with E-state index in [4.69, 9.17) is 4.74 Å². The van der Waals surface area contributed by atoms with Crippen molar-refractivity contribution in [2.45, 2.75) is 66.0 Å². The van der Waals surface area contributed by atoms with Crippen LogP contribution in [0.3, 0.4) is 0 Å². The highest BCUT2D eigenvalue weighted by atomic mass is 32.2. The molecule has 1 saturated heterocycles. The molecule has 3 N–H and O–H groups in total. The Balaban J connectivity index is 1.90. The van der Waals surface area contributed by atoms with Crippen LogP contribution in [-0.2, 0) is 32.4 Å². The molecule has 0 aromatic heterocycles. The fourth-order valence-corrected chi connectivity index (χ4v) is 5.34. The van der Waals surface area contributed by atoms with Gasteiger partial charge in [0.1, 0.15) is 5.75 Å². The van der Waals surface area contributed by atoms with Crippen molar-refractivity contribution < 1.29 is 37.4 Å². The minimum absolute atomic E-state index is 0.0456. The lowest BCUT2D eigenvalue weighted by atomic mass is 9.84. The van der Waals surface area contributed by atoms with E-state index in [-0.39, 0.29) is 31.0 Å². The third-order valence-corrected chi connectivity index (χ3v) is 8.41. The molecule has 1 aliphatic heterocycles. The summed E-state index contributed by atoms with van der Waals surface area (Å²) >= 11 is 0. The highest BCUT2D eigenvalue weighted by Crippen LogP contribution is 2.38. The molecule has 0 bridgehead atoms. The summed E-state index contributed by atoms with van der Waals surface area (Å²) in [5, 5.41) is 14.6.